The summed E-state index contributed by atoms with van der Waals surface area (Å²) in [7, 11) is -3.07. The van der Waals surface area contributed by atoms with E-state index in [0.29, 0.717) is 12.5 Å². The van der Waals surface area contributed by atoms with Crippen LogP contribution in [0.5, 0.6) is 5.75 Å². The fourth-order valence-electron chi connectivity index (χ4n) is 4.04. The van der Waals surface area contributed by atoms with Crippen molar-refractivity contribution in [2.75, 3.05) is 13.6 Å². The fourth-order valence-corrected chi connectivity index (χ4v) is 4.44. The highest BCUT2D eigenvalue weighted by Gasteiger charge is 2.26. The lowest BCUT2D eigenvalue weighted by Crippen LogP contribution is -2.47. The zero-order valence-corrected chi connectivity index (χ0v) is 19.7. The molecule has 11 heteroatoms. The smallest absolute Gasteiger partial charge is 0.481 e. The van der Waals surface area contributed by atoms with Crippen LogP contribution in [0.2, 0.25) is 0 Å². The van der Waals surface area contributed by atoms with Crippen LogP contribution in [-0.2, 0) is 14.2 Å². The number of phosphoric ester groups is 1. The summed E-state index contributed by atoms with van der Waals surface area (Å²) in [5, 5.41) is 11.6. The minimum absolute atomic E-state index is 0.0493. The molecule has 4 N–H and O–H groups in total. The highest BCUT2D eigenvalue weighted by Crippen LogP contribution is 2.37. The van der Waals surface area contributed by atoms with Gasteiger partial charge in [0.05, 0.1) is 0 Å². The van der Waals surface area contributed by atoms with Gasteiger partial charge in [-0.25, -0.2) is 4.57 Å². The van der Waals surface area contributed by atoms with Gasteiger partial charge in [0.1, 0.15) is 11.8 Å². The van der Waals surface area contributed by atoms with Crippen molar-refractivity contribution in [3.8, 4) is 5.75 Å². The lowest BCUT2D eigenvalue weighted by Gasteiger charge is -2.26. The Labute approximate surface area is 193 Å². The third-order valence-corrected chi connectivity index (χ3v) is 6.25. The number of carboxylic acid groups (broad SMARTS) is 1. The summed E-state index contributed by atoms with van der Waals surface area (Å²) in [6.07, 6.45) is 7.84. The number of carbonyl (C=O) groups excluding carboxylic acids is 2. The quantitative estimate of drug-likeness (QED) is 0.330. The first-order valence-corrected chi connectivity index (χ1v) is 12.7. The van der Waals surface area contributed by atoms with E-state index in [1.165, 1.54) is 61.3 Å². The molecule has 0 radical (unpaired) electrons. The lowest BCUT2D eigenvalue weighted by molar-refractivity contribution is -0.137. The van der Waals surface area contributed by atoms with E-state index in [0.717, 1.165) is 12.8 Å². The molecule has 0 saturated heterocycles. The van der Waals surface area contributed by atoms with Crippen molar-refractivity contribution in [2.45, 2.75) is 63.8 Å². The van der Waals surface area contributed by atoms with E-state index in [1.807, 2.05) is 0 Å². The third-order valence-electron chi connectivity index (χ3n) is 5.80. The number of hydrogen-bond donors (Lipinski definition) is 4. The molecule has 1 fully saturated rings. The minimum atomic E-state index is -4.72. The van der Waals surface area contributed by atoms with E-state index in [1.54, 1.807) is 7.05 Å². The molecule has 1 aromatic rings. The van der Waals surface area contributed by atoms with Gasteiger partial charge >= 0.3 is 13.8 Å². The summed E-state index contributed by atoms with van der Waals surface area (Å²) in [6, 6.07) is 4.04. The summed E-state index contributed by atoms with van der Waals surface area (Å²) in [6.45, 7) is 0.531. The lowest BCUT2D eigenvalue weighted by atomic mass is 9.86. The van der Waals surface area contributed by atoms with E-state index in [2.05, 4.69) is 9.84 Å². The maximum Gasteiger partial charge on any atom is 0.524 e. The van der Waals surface area contributed by atoms with Crippen molar-refractivity contribution in [3.05, 3.63) is 29.8 Å². The van der Waals surface area contributed by atoms with Gasteiger partial charge in [-0.2, -0.15) is 0 Å². The number of carboxylic acids is 1. The maximum atomic E-state index is 12.9. The molecule has 0 unspecified atom stereocenters. The van der Waals surface area contributed by atoms with Crippen molar-refractivity contribution in [2.24, 2.45) is 5.92 Å². The highest BCUT2D eigenvalue weighted by atomic mass is 31.2. The Hall–Kier alpha value is -2.42. The second kappa shape index (κ2) is 12.7. The van der Waals surface area contributed by atoms with E-state index >= 15 is 0 Å². The number of benzene rings is 1. The number of aliphatic carboxylic acids is 1. The molecule has 0 heterocycles. The molecule has 0 aromatic heterocycles. The molecule has 10 nitrogen and oxygen atoms in total. The molecule has 2 rings (SSSR count). The number of phosphoric acid groups is 1. The van der Waals surface area contributed by atoms with Crippen molar-refractivity contribution in [3.63, 3.8) is 0 Å². The van der Waals surface area contributed by atoms with Gasteiger partial charge < -0.3 is 19.8 Å². The molecule has 1 aliphatic carbocycles. The van der Waals surface area contributed by atoms with E-state index < -0.39 is 25.7 Å². The average Bonchev–Trinajstić information content (AvgIpc) is 2.76. The summed E-state index contributed by atoms with van der Waals surface area (Å²) < 4.78 is 15.3. The van der Waals surface area contributed by atoms with E-state index in [9.17, 15) is 18.9 Å². The van der Waals surface area contributed by atoms with Crippen LogP contribution in [0.1, 0.15) is 68.1 Å². The number of rotatable bonds is 12. The standard InChI is InChI=1S/C22H33N2O8P/c1-24(15-5-8-16-6-3-2-4-7-16)22(28)19(13-14-20(25)26)23-21(27)17-9-11-18(12-10-17)32-33(29,30)31/h9-12,16,19H,2-8,13-15H2,1H3,(H,23,27)(H,25,26)(H2,29,30,31)/t19-/m0/s1. The van der Waals surface area contributed by atoms with Crippen LogP contribution in [0.3, 0.4) is 0 Å². The first kappa shape index (κ1) is 26.8. The molecule has 184 valence electrons. The maximum absolute atomic E-state index is 12.9. The summed E-state index contributed by atoms with van der Waals surface area (Å²) >= 11 is 0. The third kappa shape index (κ3) is 9.94. The average molecular weight is 484 g/mol. The van der Waals surface area contributed by atoms with Gasteiger partial charge in [-0.3, -0.25) is 24.2 Å². The van der Waals surface area contributed by atoms with Crippen LogP contribution >= 0.6 is 7.82 Å². The Balaban J connectivity index is 1.95. The Morgan fingerprint density at radius 1 is 1.15 bits per heavy atom. The van der Waals surface area contributed by atoms with Crippen LogP contribution in [-0.4, -0.2) is 57.2 Å². The summed E-state index contributed by atoms with van der Waals surface area (Å²) in [5.74, 6) is -1.44. The Morgan fingerprint density at radius 2 is 1.79 bits per heavy atom. The van der Waals surface area contributed by atoms with Gasteiger partial charge in [0, 0.05) is 25.6 Å². The Morgan fingerprint density at radius 3 is 2.36 bits per heavy atom. The number of nitrogens with zero attached hydrogens (tertiary/aromatic N) is 1. The van der Waals surface area contributed by atoms with Crippen molar-refractivity contribution in [1.29, 1.82) is 0 Å². The number of likely N-dealkylation sites (N-methyl/N-ethyl adjacent to an activating group) is 1. The van der Waals surface area contributed by atoms with Gasteiger partial charge in [0.15, 0.2) is 0 Å². The zero-order valence-electron chi connectivity index (χ0n) is 18.8. The van der Waals surface area contributed by atoms with Gasteiger partial charge in [0.25, 0.3) is 5.91 Å². The predicted octanol–water partition coefficient (Wildman–Crippen LogP) is 2.94. The summed E-state index contributed by atoms with van der Waals surface area (Å²) in [4.78, 5) is 55.8. The first-order chi connectivity index (χ1) is 15.5. The van der Waals surface area contributed by atoms with Crippen molar-refractivity contribution in [1.82, 2.24) is 10.2 Å². The molecule has 0 spiro atoms. The van der Waals surface area contributed by atoms with Gasteiger partial charge in [-0.05, 0) is 49.4 Å². The molecular weight excluding hydrogens is 451 g/mol. The molecule has 2 amide bonds. The topological polar surface area (TPSA) is 153 Å². The van der Waals surface area contributed by atoms with Crippen LogP contribution in [0.4, 0.5) is 0 Å². The second-order valence-electron chi connectivity index (χ2n) is 8.47. The molecule has 1 atom stereocenters. The highest BCUT2D eigenvalue weighted by molar-refractivity contribution is 7.46. The normalized spacial score (nSPS) is 15.5. The Bertz CT molecular complexity index is 848. The van der Waals surface area contributed by atoms with Crippen molar-refractivity contribution >= 4 is 25.6 Å². The number of carbonyl (C=O) groups is 3. The largest absolute Gasteiger partial charge is 0.524 e. The molecule has 0 bridgehead atoms. The Kier molecular flexibility index (Phi) is 10.3. The number of hydrogen-bond acceptors (Lipinski definition) is 5. The number of nitrogens with one attached hydrogen (secondary N) is 1. The fraction of sp³-hybridized carbons (Fsp3) is 0.591. The minimum Gasteiger partial charge on any atom is -0.481 e. The van der Waals surface area contributed by atoms with Crippen LogP contribution in [0.15, 0.2) is 24.3 Å². The van der Waals surface area contributed by atoms with Gasteiger partial charge in [-0.1, -0.05) is 32.1 Å². The summed E-state index contributed by atoms with van der Waals surface area (Å²) in [5.41, 5.74) is 0.140. The first-order valence-electron chi connectivity index (χ1n) is 11.2. The van der Waals surface area contributed by atoms with Crippen LogP contribution in [0.25, 0.3) is 0 Å². The molecule has 1 aliphatic rings. The van der Waals surface area contributed by atoms with Crippen LogP contribution in [0, 0.1) is 5.92 Å². The number of amides is 2. The van der Waals surface area contributed by atoms with E-state index in [-0.39, 0.29) is 30.1 Å². The van der Waals surface area contributed by atoms with Crippen LogP contribution < -0.4 is 9.84 Å². The van der Waals surface area contributed by atoms with E-state index in [4.69, 9.17) is 14.9 Å². The predicted molar refractivity (Wildman–Crippen MR) is 121 cm³/mol. The molecule has 0 aliphatic heterocycles. The zero-order chi connectivity index (χ0) is 24.4. The second-order valence-corrected chi connectivity index (χ2v) is 9.63. The molecular formula is C22H33N2O8P. The monoisotopic (exact) mass is 484 g/mol. The molecule has 1 aromatic carbocycles. The van der Waals surface area contributed by atoms with Crippen molar-refractivity contribution < 1.29 is 38.4 Å². The molecule has 33 heavy (non-hydrogen) atoms. The van der Waals surface area contributed by atoms with Gasteiger partial charge in [-0.15, -0.1) is 0 Å². The van der Waals surface area contributed by atoms with Gasteiger partial charge in [0.2, 0.25) is 5.91 Å². The SMILES string of the molecule is CN(CCCC1CCCCC1)C(=O)[C@H](CCC(=O)O)NC(=O)c1ccc(OP(=O)(O)O)cc1. The molecule has 1 saturated carbocycles.